The number of amides is 2. The average Bonchev–Trinajstić information content (AvgIpc) is 2.66. The van der Waals surface area contributed by atoms with Crippen LogP contribution in [0.1, 0.15) is 44.7 Å². The summed E-state index contributed by atoms with van der Waals surface area (Å²) >= 11 is 0. The van der Waals surface area contributed by atoms with E-state index in [1.165, 1.54) is 6.07 Å². The van der Waals surface area contributed by atoms with Crippen molar-refractivity contribution in [1.82, 2.24) is 16.0 Å². The number of benzene rings is 1. The summed E-state index contributed by atoms with van der Waals surface area (Å²) in [6.07, 6.45) is -3.30. The topological polar surface area (TPSA) is 91.5 Å². The van der Waals surface area contributed by atoms with Crippen LogP contribution < -0.4 is 21.3 Å². The number of nitrogens with one attached hydrogen (secondary N) is 4. The molecule has 1 aliphatic rings. The molecule has 1 aromatic carbocycles. The molecule has 10 heteroatoms. The van der Waals surface area contributed by atoms with Gasteiger partial charge in [0.1, 0.15) is 5.60 Å². The third-order valence-electron chi connectivity index (χ3n) is 4.72. The van der Waals surface area contributed by atoms with Gasteiger partial charge in [0.15, 0.2) is 0 Å². The lowest BCUT2D eigenvalue weighted by Crippen LogP contribution is -2.39. The van der Waals surface area contributed by atoms with Gasteiger partial charge in [-0.3, -0.25) is 10.1 Å². The van der Waals surface area contributed by atoms with Crippen molar-refractivity contribution in [2.75, 3.05) is 31.5 Å². The number of hydrogen-bond acceptors (Lipinski definition) is 5. The van der Waals surface area contributed by atoms with Crippen molar-refractivity contribution in [3.63, 3.8) is 0 Å². The second-order valence-electron chi connectivity index (χ2n) is 8.60. The highest BCUT2D eigenvalue weighted by molar-refractivity contribution is 5.86. The Morgan fingerprint density at radius 2 is 1.84 bits per heavy atom. The molecule has 0 bridgehead atoms. The van der Waals surface area contributed by atoms with E-state index in [9.17, 15) is 22.8 Å². The summed E-state index contributed by atoms with van der Waals surface area (Å²) < 4.78 is 44.5. The molecule has 0 spiro atoms. The van der Waals surface area contributed by atoms with E-state index >= 15 is 0 Å². The number of piperidine rings is 1. The third-order valence-corrected chi connectivity index (χ3v) is 4.72. The molecule has 2 amide bonds. The fourth-order valence-electron chi connectivity index (χ4n) is 3.17. The van der Waals surface area contributed by atoms with Crippen molar-refractivity contribution in [1.29, 1.82) is 0 Å². The van der Waals surface area contributed by atoms with E-state index < -0.39 is 23.4 Å². The van der Waals surface area contributed by atoms with Crippen LogP contribution in [0.4, 0.5) is 23.7 Å². The molecule has 0 aliphatic carbocycles. The molecule has 4 N–H and O–H groups in total. The van der Waals surface area contributed by atoms with Crippen molar-refractivity contribution < 1.29 is 27.5 Å². The van der Waals surface area contributed by atoms with Gasteiger partial charge in [0, 0.05) is 18.8 Å². The Kier molecular flexibility index (Phi) is 8.69. The van der Waals surface area contributed by atoms with Crippen molar-refractivity contribution in [2.24, 2.45) is 5.92 Å². The minimum atomic E-state index is -4.52. The van der Waals surface area contributed by atoms with E-state index in [1.807, 2.05) is 0 Å². The Morgan fingerprint density at radius 1 is 1.16 bits per heavy atom. The Balaban J connectivity index is 1.96. The Labute approximate surface area is 180 Å². The molecule has 174 valence electrons. The van der Waals surface area contributed by atoms with E-state index in [1.54, 1.807) is 20.8 Å². The molecule has 1 aromatic rings. The number of rotatable bonds is 7. The molecule has 7 nitrogen and oxygen atoms in total. The van der Waals surface area contributed by atoms with Crippen LogP contribution >= 0.6 is 0 Å². The molecular formula is C21H31F3N4O3. The maximum absolute atomic E-state index is 13.1. The summed E-state index contributed by atoms with van der Waals surface area (Å²) in [5.41, 5.74) is -1.20. The highest BCUT2D eigenvalue weighted by Crippen LogP contribution is 2.32. The Bertz CT molecular complexity index is 757. The first-order valence-corrected chi connectivity index (χ1v) is 10.3. The normalized spacial score (nSPS) is 15.4. The second kappa shape index (κ2) is 10.8. The van der Waals surface area contributed by atoms with E-state index in [2.05, 4.69) is 21.3 Å². The maximum Gasteiger partial charge on any atom is 0.416 e. The van der Waals surface area contributed by atoms with Gasteiger partial charge in [-0.25, -0.2) is 4.79 Å². The fraction of sp³-hybridized carbons (Fsp3) is 0.619. The minimum Gasteiger partial charge on any atom is -0.444 e. The molecule has 1 heterocycles. The number of halogens is 3. The smallest absolute Gasteiger partial charge is 0.416 e. The van der Waals surface area contributed by atoms with Gasteiger partial charge in [-0.05, 0) is 76.4 Å². The quantitative estimate of drug-likeness (QED) is 0.518. The summed E-state index contributed by atoms with van der Waals surface area (Å²) in [7, 11) is 0. The van der Waals surface area contributed by atoms with E-state index in [4.69, 9.17) is 4.74 Å². The molecule has 1 aliphatic heterocycles. The fourth-order valence-corrected chi connectivity index (χ4v) is 3.17. The van der Waals surface area contributed by atoms with Gasteiger partial charge in [0.25, 0.3) is 0 Å². The van der Waals surface area contributed by atoms with Gasteiger partial charge in [-0.15, -0.1) is 0 Å². The first-order valence-electron chi connectivity index (χ1n) is 10.3. The number of carbonyl (C=O) groups excluding carboxylic acids is 2. The molecule has 0 unspecified atom stereocenters. The standard InChI is InChI=1S/C21H31F3N4O3/c1-20(2,3)31-19(30)28-17-5-4-16(21(22,23)24)10-15(17)12-26-13-18(29)27-11-14-6-8-25-9-7-14/h4-5,10,14,25-26H,6-9,11-13H2,1-3H3,(H,27,29)(H,28,30). The Morgan fingerprint density at radius 3 is 2.45 bits per heavy atom. The summed E-state index contributed by atoms with van der Waals surface area (Å²) in [5.74, 6) is 0.199. The molecule has 1 fully saturated rings. The van der Waals surface area contributed by atoms with Gasteiger partial charge >= 0.3 is 12.3 Å². The van der Waals surface area contributed by atoms with Crippen LogP contribution in [0.15, 0.2) is 18.2 Å². The summed E-state index contributed by atoms with van der Waals surface area (Å²) in [4.78, 5) is 24.1. The zero-order valence-electron chi connectivity index (χ0n) is 18.1. The van der Waals surface area contributed by atoms with E-state index in [0.717, 1.165) is 38.1 Å². The van der Waals surface area contributed by atoms with Gasteiger partial charge < -0.3 is 20.7 Å². The van der Waals surface area contributed by atoms with Crippen molar-refractivity contribution >= 4 is 17.7 Å². The van der Waals surface area contributed by atoms with Crippen LogP contribution in [0.25, 0.3) is 0 Å². The molecule has 31 heavy (non-hydrogen) atoms. The van der Waals surface area contributed by atoms with Crippen LogP contribution in [0.2, 0.25) is 0 Å². The van der Waals surface area contributed by atoms with Gasteiger partial charge in [0.2, 0.25) is 5.91 Å². The minimum absolute atomic E-state index is 0.0319. The zero-order chi connectivity index (χ0) is 23.1. The number of anilines is 1. The highest BCUT2D eigenvalue weighted by Gasteiger charge is 2.31. The number of alkyl halides is 3. The van der Waals surface area contributed by atoms with Crippen LogP contribution in [0, 0.1) is 5.92 Å². The lowest BCUT2D eigenvalue weighted by molar-refractivity contribution is -0.137. The maximum atomic E-state index is 13.1. The van der Waals surface area contributed by atoms with Gasteiger partial charge in [-0.1, -0.05) is 0 Å². The Hall–Kier alpha value is -2.33. The molecule has 1 saturated heterocycles. The lowest BCUT2D eigenvalue weighted by atomic mass is 9.98. The first-order chi connectivity index (χ1) is 14.4. The molecule has 0 radical (unpaired) electrons. The number of carbonyl (C=O) groups is 2. The largest absolute Gasteiger partial charge is 0.444 e. The number of hydrogen-bond donors (Lipinski definition) is 4. The van der Waals surface area contributed by atoms with Crippen LogP contribution in [0.3, 0.4) is 0 Å². The van der Waals surface area contributed by atoms with Crippen molar-refractivity contribution in [3.05, 3.63) is 29.3 Å². The van der Waals surface area contributed by atoms with E-state index in [0.29, 0.717) is 12.5 Å². The molecule has 0 saturated carbocycles. The van der Waals surface area contributed by atoms with Gasteiger partial charge in [-0.2, -0.15) is 13.2 Å². The SMILES string of the molecule is CC(C)(C)OC(=O)Nc1ccc(C(F)(F)F)cc1CNCC(=O)NCC1CCNCC1. The lowest BCUT2D eigenvalue weighted by Gasteiger charge is -2.22. The molecule has 2 rings (SSSR count). The summed E-state index contributed by atoms with van der Waals surface area (Å²) in [6.45, 7) is 7.42. The zero-order valence-corrected chi connectivity index (χ0v) is 18.1. The van der Waals surface area contributed by atoms with Crippen LogP contribution in [0.5, 0.6) is 0 Å². The molecule has 0 atom stereocenters. The highest BCUT2D eigenvalue weighted by atomic mass is 19.4. The third kappa shape index (κ3) is 9.14. The van der Waals surface area contributed by atoms with Crippen molar-refractivity contribution in [2.45, 2.75) is 51.9 Å². The van der Waals surface area contributed by atoms with Crippen LogP contribution in [-0.4, -0.2) is 43.8 Å². The predicted molar refractivity (Wildman–Crippen MR) is 112 cm³/mol. The van der Waals surface area contributed by atoms with Gasteiger partial charge in [0.05, 0.1) is 12.1 Å². The van der Waals surface area contributed by atoms with E-state index in [-0.39, 0.29) is 30.2 Å². The van der Waals surface area contributed by atoms with Crippen molar-refractivity contribution in [3.8, 4) is 0 Å². The second-order valence-corrected chi connectivity index (χ2v) is 8.60. The first kappa shape index (κ1) is 24.9. The predicted octanol–water partition coefficient (Wildman–Crippen LogP) is 3.26. The average molecular weight is 444 g/mol. The number of ether oxygens (including phenoxy) is 1. The molecule has 0 aromatic heterocycles. The summed E-state index contributed by atoms with van der Waals surface area (Å²) in [5, 5.41) is 11.4. The monoisotopic (exact) mass is 444 g/mol. The summed E-state index contributed by atoms with van der Waals surface area (Å²) in [6, 6.07) is 3.02. The van der Waals surface area contributed by atoms with Crippen LogP contribution in [-0.2, 0) is 22.3 Å². The molecular weight excluding hydrogens is 413 g/mol.